The topological polar surface area (TPSA) is 102 Å². The van der Waals surface area contributed by atoms with Gasteiger partial charge in [0.05, 0.1) is 17.2 Å². The Morgan fingerprint density at radius 1 is 1.23 bits per heavy atom. The van der Waals surface area contributed by atoms with Crippen LogP contribution in [0.25, 0.3) is 0 Å². The van der Waals surface area contributed by atoms with Crippen LogP contribution < -0.4 is 5.32 Å². The molecule has 136 valence electrons. The average molecular weight is 412 g/mol. The zero-order valence-electron chi connectivity index (χ0n) is 13.4. The molecule has 1 N–H and O–H groups in total. The molecule has 1 amide bonds. The molecule has 1 aromatic carbocycles. The monoisotopic (exact) mass is 411 g/mol. The number of hydrogen-bond donors (Lipinski definition) is 1. The summed E-state index contributed by atoms with van der Waals surface area (Å²) in [7, 11) is -3.51. The molecule has 7 nitrogen and oxygen atoms in total. The van der Waals surface area contributed by atoms with E-state index in [1.54, 1.807) is 0 Å². The van der Waals surface area contributed by atoms with Gasteiger partial charge in [-0.15, -0.1) is 11.3 Å². The second-order valence-electron chi connectivity index (χ2n) is 5.30. The molecular weight excluding hydrogens is 398 g/mol. The van der Waals surface area contributed by atoms with Gasteiger partial charge in [-0.3, -0.25) is 4.79 Å². The highest BCUT2D eigenvalue weighted by Gasteiger charge is 2.19. The van der Waals surface area contributed by atoms with E-state index in [0.717, 1.165) is 4.88 Å². The third kappa shape index (κ3) is 4.69. The number of halogens is 1. The summed E-state index contributed by atoms with van der Waals surface area (Å²) in [6.07, 6.45) is 0.0344. The van der Waals surface area contributed by atoms with Crippen molar-refractivity contribution in [2.45, 2.75) is 17.9 Å². The van der Waals surface area contributed by atoms with Crippen LogP contribution >= 0.6 is 22.9 Å². The van der Waals surface area contributed by atoms with Gasteiger partial charge >= 0.3 is 11.8 Å². The zero-order chi connectivity index (χ0) is 18.6. The molecule has 0 spiro atoms. The summed E-state index contributed by atoms with van der Waals surface area (Å²) in [6, 6.07) is 9.69. The average Bonchev–Trinajstić information content (AvgIpc) is 3.30. The molecule has 0 bridgehead atoms. The van der Waals surface area contributed by atoms with Gasteiger partial charge in [0, 0.05) is 16.3 Å². The van der Waals surface area contributed by atoms with E-state index in [1.165, 1.54) is 35.6 Å². The smallest absolute Gasteiger partial charge is 0.315 e. The van der Waals surface area contributed by atoms with Gasteiger partial charge < -0.3 is 9.84 Å². The van der Waals surface area contributed by atoms with E-state index in [4.69, 9.17) is 16.1 Å². The number of benzene rings is 1. The van der Waals surface area contributed by atoms with Crippen LogP contribution in [0.4, 0.5) is 0 Å². The Kier molecular flexibility index (Phi) is 5.70. The van der Waals surface area contributed by atoms with Crippen LogP contribution in [0.3, 0.4) is 0 Å². The molecular formula is C16H14ClN3O4S2. The summed E-state index contributed by atoms with van der Waals surface area (Å²) >= 11 is 7.28. The van der Waals surface area contributed by atoms with E-state index in [2.05, 4.69) is 15.5 Å². The highest BCUT2D eigenvalue weighted by molar-refractivity contribution is 7.91. The van der Waals surface area contributed by atoms with Crippen molar-refractivity contribution in [1.29, 1.82) is 0 Å². The first-order valence-corrected chi connectivity index (χ1v) is 10.5. The number of thiophene rings is 1. The number of aryl methyl sites for hydroxylation is 1. The lowest BCUT2D eigenvalue weighted by atomic mass is 10.4. The molecule has 0 aliphatic carbocycles. The van der Waals surface area contributed by atoms with Crippen molar-refractivity contribution in [2.24, 2.45) is 0 Å². The van der Waals surface area contributed by atoms with Crippen LogP contribution in [0, 0.1) is 0 Å². The van der Waals surface area contributed by atoms with Gasteiger partial charge in [-0.05, 0) is 35.7 Å². The van der Waals surface area contributed by atoms with Crippen LogP contribution in [0.5, 0.6) is 0 Å². The predicted octanol–water partition coefficient (Wildman–Crippen LogP) is 2.73. The van der Waals surface area contributed by atoms with Gasteiger partial charge in [0.15, 0.2) is 15.7 Å². The number of hydrogen-bond acceptors (Lipinski definition) is 7. The van der Waals surface area contributed by atoms with Gasteiger partial charge in [-0.2, -0.15) is 4.98 Å². The Hall–Kier alpha value is -2.23. The Balaban J connectivity index is 1.57. The third-order valence-corrected chi connectivity index (χ3v) is 6.29. The van der Waals surface area contributed by atoms with Crippen molar-refractivity contribution in [3.05, 3.63) is 63.4 Å². The summed E-state index contributed by atoms with van der Waals surface area (Å²) in [6.45, 7) is 0.360. The molecule has 0 unspecified atom stereocenters. The molecule has 0 saturated heterocycles. The number of carbonyl (C=O) groups is 1. The second-order valence-corrected chi connectivity index (χ2v) is 8.88. The quantitative estimate of drug-likeness (QED) is 0.641. The molecule has 2 aromatic heterocycles. The molecule has 10 heteroatoms. The number of nitrogens with zero attached hydrogens (tertiary/aromatic N) is 2. The van der Waals surface area contributed by atoms with E-state index in [1.807, 2.05) is 17.5 Å². The molecule has 2 heterocycles. The number of sulfone groups is 1. The normalized spacial score (nSPS) is 11.4. The Morgan fingerprint density at radius 3 is 2.69 bits per heavy atom. The Morgan fingerprint density at radius 2 is 2.00 bits per heavy atom. The standard InChI is InChI=1S/C16H14ClN3O4S2/c17-11-3-5-13(6-4-11)26(22,23)9-7-14-19-16(24-20-14)15(21)18-10-12-2-1-8-25-12/h1-6,8H,7,9-10H2,(H,18,21). The predicted molar refractivity (Wildman–Crippen MR) is 97.0 cm³/mol. The molecule has 0 aliphatic heterocycles. The van der Waals surface area contributed by atoms with E-state index < -0.39 is 15.7 Å². The number of amides is 1. The first-order valence-electron chi connectivity index (χ1n) is 7.55. The van der Waals surface area contributed by atoms with Crippen molar-refractivity contribution < 1.29 is 17.7 Å². The van der Waals surface area contributed by atoms with Gasteiger partial charge in [-0.25, -0.2) is 8.42 Å². The van der Waals surface area contributed by atoms with Crippen molar-refractivity contribution >= 4 is 38.7 Å². The van der Waals surface area contributed by atoms with E-state index in [9.17, 15) is 13.2 Å². The first kappa shape index (κ1) is 18.6. The third-order valence-electron chi connectivity index (χ3n) is 3.43. The minimum absolute atomic E-state index is 0.0344. The van der Waals surface area contributed by atoms with Crippen molar-refractivity contribution in [3.8, 4) is 0 Å². The minimum atomic E-state index is -3.51. The summed E-state index contributed by atoms with van der Waals surface area (Å²) in [5.74, 6) is -0.744. The molecule has 0 saturated carbocycles. The highest BCUT2D eigenvalue weighted by Crippen LogP contribution is 2.16. The molecule has 0 fully saturated rings. The number of nitrogens with one attached hydrogen (secondary N) is 1. The maximum absolute atomic E-state index is 12.3. The zero-order valence-corrected chi connectivity index (χ0v) is 15.8. The Labute approximate surface area is 158 Å². The molecule has 0 aliphatic rings. The number of rotatable bonds is 7. The summed E-state index contributed by atoms with van der Waals surface area (Å²) in [5.41, 5.74) is 0. The van der Waals surface area contributed by atoms with Crippen LogP contribution in [-0.2, 0) is 22.8 Å². The minimum Gasteiger partial charge on any atom is -0.343 e. The second kappa shape index (κ2) is 7.98. The van der Waals surface area contributed by atoms with Gasteiger partial charge in [0.1, 0.15) is 0 Å². The van der Waals surface area contributed by atoms with Gasteiger partial charge in [0.2, 0.25) is 0 Å². The maximum atomic E-state index is 12.3. The van der Waals surface area contributed by atoms with Crippen molar-refractivity contribution in [2.75, 3.05) is 5.75 Å². The van der Waals surface area contributed by atoms with Crippen molar-refractivity contribution in [1.82, 2.24) is 15.5 Å². The van der Waals surface area contributed by atoms with Crippen LogP contribution in [0.1, 0.15) is 21.4 Å². The fourth-order valence-electron chi connectivity index (χ4n) is 2.09. The maximum Gasteiger partial charge on any atom is 0.315 e. The molecule has 0 atom stereocenters. The lowest BCUT2D eigenvalue weighted by molar-refractivity contribution is 0.0907. The number of carbonyl (C=O) groups excluding carboxylic acids is 1. The highest BCUT2D eigenvalue weighted by atomic mass is 35.5. The van der Waals surface area contributed by atoms with Crippen LogP contribution in [0.2, 0.25) is 5.02 Å². The van der Waals surface area contributed by atoms with E-state index in [-0.39, 0.29) is 28.8 Å². The lowest BCUT2D eigenvalue weighted by Crippen LogP contribution is -2.22. The molecule has 0 radical (unpaired) electrons. The fraction of sp³-hybridized carbons (Fsp3) is 0.188. The van der Waals surface area contributed by atoms with Gasteiger partial charge in [0.25, 0.3) is 0 Å². The number of aromatic nitrogens is 2. The molecule has 3 rings (SSSR count). The van der Waals surface area contributed by atoms with Crippen molar-refractivity contribution in [3.63, 3.8) is 0 Å². The fourth-order valence-corrected chi connectivity index (χ4v) is 4.10. The van der Waals surface area contributed by atoms with Crippen LogP contribution in [-0.4, -0.2) is 30.2 Å². The Bertz CT molecular complexity index is 983. The first-order chi connectivity index (χ1) is 12.4. The SMILES string of the molecule is O=C(NCc1cccs1)c1nc(CCS(=O)(=O)c2ccc(Cl)cc2)no1. The van der Waals surface area contributed by atoms with E-state index >= 15 is 0 Å². The molecule has 3 aromatic rings. The summed E-state index contributed by atoms with van der Waals surface area (Å²) in [5, 5.41) is 8.69. The summed E-state index contributed by atoms with van der Waals surface area (Å²) in [4.78, 5) is 17.1. The summed E-state index contributed by atoms with van der Waals surface area (Å²) < 4.78 is 29.5. The van der Waals surface area contributed by atoms with Crippen LogP contribution in [0.15, 0.2) is 51.2 Å². The van der Waals surface area contributed by atoms with Gasteiger partial charge in [-0.1, -0.05) is 22.8 Å². The van der Waals surface area contributed by atoms with E-state index in [0.29, 0.717) is 11.6 Å². The lowest BCUT2D eigenvalue weighted by Gasteiger charge is -2.02. The largest absolute Gasteiger partial charge is 0.343 e. The molecule has 26 heavy (non-hydrogen) atoms.